The van der Waals surface area contributed by atoms with Crippen molar-refractivity contribution in [2.75, 3.05) is 20.2 Å². The summed E-state index contributed by atoms with van der Waals surface area (Å²) in [5.41, 5.74) is 5.36. The largest absolute Gasteiger partial charge is 0.465 e. The van der Waals surface area contributed by atoms with Crippen LogP contribution in [-0.4, -0.2) is 44.8 Å². The van der Waals surface area contributed by atoms with Crippen LogP contribution in [0.5, 0.6) is 0 Å². The highest BCUT2D eigenvalue weighted by Gasteiger charge is 2.26. The van der Waals surface area contributed by atoms with Crippen molar-refractivity contribution in [3.8, 4) is 0 Å². The molecule has 0 radical (unpaired) electrons. The van der Waals surface area contributed by atoms with E-state index in [-0.39, 0.29) is 29.5 Å². The topological polar surface area (TPSA) is 107 Å². The second-order valence-electron chi connectivity index (χ2n) is 5.17. The van der Waals surface area contributed by atoms with Gasteiger partial charge in [-0.2, -0.15) is 4.31 Å². The maximum absolute atomic E-state index is 12.6. The SMILES string of the molecule is COC(=O)c1ccc(S(=O)(=O)N(CC(N)=O)CC(C)C)cc1. The zero-order chi connectivity index (χ0) is 16.9. The Kier molecular flexibility index (Phi) is 6.07. The van der Waals surface area contributed by atoms with Crippen LogP contribution in [0.4, 0.5) is 0 Å². The Labute approximate surface area is 130 Å². The quantitative estimate of drug-likeness (QED) is 0.738. The molecule has 1 rings (SSSR count). The van der Waals surface area contributed by atoms with Gasteiger partial charge in [-0.05, 0) is 30.2 Å². The lowest BCUT2D eigenvalue weighted by Gasteiger charge is -2.22. The number of nitrogens with zero attached hydrogens (tertiary/aromatic N) is 1. The van der Waals surface area contributed by atoms with Crippen LogP contribution < -0.4 is 5.73 Å². The van der Waals surface area contributed by atoms with Gasteiger partial charge < -0.3 is 10.5 Å². The van der Waals surface area contributed by atoms with Gasteiger partial charge in [0.25, 0.3) is 0 Å². The molecule has 0 aliphatic heterocycles. The Morgan fingerprint density at radius 2 is 1.77 bits per heavy atom. The van der Waals surface area contributed by atoms with Crippen molar-refractivity contribution in [1.82, 2.24) is 4.31 Å². The number of carbonyl (C=O) groups excluding carboxylic acids is 2. The second kappa shape index (κ2) is 7.37. The van der Waals surface area contributed by atoms with Gasteiger partial charge in [0.1, 0.15) is 0 Å². The summed E-state index contributed by atoms with van der Waals surface area (Å²) in [5.74, 6) is -1.25. The Hall–Kier alpha value is -1.93. The van der Waals surface area contributed by atoms with Crippen LogP contribution in [0, 0.1) is 5.92 Å². The van der Waals surface area contributed by atoms with Gasteiger partial charge in [-0.15, -0.1) is 0 Å². The third kappa shape index (κ3) is 4.54. The van der Waals surface area contributed by atoms with E-state index in [1.807, 2.05) is 13.8 Å². The minimum absolute atomic E-state index is 0.0120. The molecule has 0 heterocycles. The number of carbonyl (C=O) groups is 2. The average molecular weight is 328 g/mol. The normalized spacial score (nSPS) is 11.7. The van der Waals surface area contributed by atoms with Gasteiger partial charge in [0, 0.05) is 6.54 Å². The van der Waals surface area contributed by atoms with E-state index in [1.165, 1.54) is 31.4 Å². The van der Waals surface area contributed by atoms with Crippen LogP contribution in [0.1, 0.15) is 24.2 Å². The number of amides is 1. The molecule has 0 saturated carbocycles. The van der Waals surface area contributed by atoms with E-state index >= 15 is 0 Å². The molecule has 1 amide bonds. The molecule has 0 saturated heterocycles. The lowest BCUT2D eigenvalue weighted by atomic mass is 10.2. The van der Waals surface area contributed by atoms with Crippen molar-refractivity contribution in [3.05, 3.63) is 29.8 Å². The van der Waals surface area contributed by atoms with Gasteiger partial charge in [-0.25, -0.2) is 13.2 Å². The summed E-state index contributed by atoms with van der Waals surface area (Å²) in [5, 5.41) is 0. The predicted molar refractivity (Wildman–Crippen MR) is 80.6 cm³/mol. The minimum Gasteiger partial charge on any atom is -0.465 e. The molecule has 8 heteroatoms. The molecule has 0 aromatic heterocycles. The van der Waals surface area contributed by atoms with Crippen LogP contribution in [-0.2, 0) is 19.6 Å². The Morgan fingerprint density at radius 1 is 1.23 bits per heavy atom. The van der Waals surface area contributed by atoms with E-state index in [2.05, 4.69) is 4.74 Å². The zero-order valence-electron chi connectivity index (χ0n) is 12.8. The molecule has 0 aliphatic carbocycles. The number of primary amides is 1. The number of methoxy groups -OCH3 is 1. The highest BCUT2D eigenvalue weighted by molar-refractivity contribution is 7.89. The highest BCUT2D eigenvalue weighted by atomic mass is 32.2. The van der Waals surface area contributed by atoms with Gasteiger partial charge in [0.2, 0.25) is 15.9 Å². The van der Waals surface area contributed by atoms with Crippen molar-refractivity contribution in [2.45, 2.75) is 18.7 Å². The average Bonchev–Trinajstić information content (AvgIpc) is 2.45. The summed E-state index contributed by atoms with van der Waals surface area (Å²) in [4.78, 5) is 22.5. The first-order valence-corrected chi connectivity index (χ1v) is 8.09. The van der Waals surface area contributed by atoms with Gasteiger partial charge in [-0.1, -0.05) is 13.8 Å². The van der Waals surface area contributed by atoms with E-state index in [0.29, 0.717) is 0 Å². The zero-order valence-corrected chi connectivity index (χ0v) is 13.6. The van der Waals surface area contributed by atoms with Crippen molar-refractivity contribution < 1.29 is 22.7 Å². The van der Waals surface area contributed by atoms with Crippen molar-refractivity contribution in [1.29, 1.82) is 0 Å². The van der Waals surface area contributed by atoms with Crippen LogP contribution in [0.2, 0.25) is 0 Å². The number of benzene rings is 1. The predicted octanol–water partition coefficient (Wildman–Crippen LogP) is 0.605. The van der Waals surface area contributed by atoms with Gasteiger partial charge in [-0.3, -0.25) is 4.79 Å². The molecule has 0 bridgehead atoms. The molecule has 0 fully saturated rings. The number of hydrogen-bond acceptors (Lipinski definition) is 5. The first kappa shape index (κ1) is 18.1. The third-order valence-corrected chi connectivity index (χ3v) is 4.64. The van der Waals surface area contributed by atoms with Gasteiger partial charge in [0.15, 0.2) is 0 Å². The fourth-order valence-corrected chi connectivity index (χ4v) is 3.43. The lowest BCUT2D eigenvalue weighted by molar-refractivity contribution is -0.118. The summed E-state index contributed by atoms with van der Waals surface area (Å²) in [6.45, 7) is 3.46. The molecule has 0 atom stereocenters. The molecular formula is C14H20N2O5S. The Bertz CT molecular complexity index is 638. The Balaban J connectivity index is 3.13. The van der Waals surface area contributed by atoms with Crippen molar-refractivity contribution in [3.63, 3.8) is 0 Å². The molecular weight excluding hydrogens is 308 g/mol. The summed E-state index contributed by atoms with van der Waals surface area (Å²) in [6, 6.07) is 5.32. The fourth-order valence-electron chi connectivity index (χ4n) is 1.86. The Morgan fingerprint density at radius 3 is 2.18 bits per heavy atom. The fraction of sp³-hybridized carbons (Fsp3) is 0.429. The molecule has 0 spiro atoms. The monoisotopic (exact) mass is 328 g/mol. The third-order valence-electron chi connectivity index (χ3n) is 2.81. The maximum Gasteiger partial charge on any atom is 0.337 e. The number of hydrogen-bond donors (Lipinski definition) is 1. The molecule has 22 heavy (non-hydrogen) atoms. The number of rotatable bonds is 7. The number of nitrogens with two attached hydrogens (primary N) is 1. The van der Waals surface area contributed by atoms with Crippen LogP contribution in [0.25, 0.3) is 0 Å². The van der Waals surface area contributed by atoms with Crippen molar-refractivity contribution >= 4 is 21.9 Å². The molecule has 2 N–H and O–H groups in total. The van der Waals surface area contributed by atoms with Crippen LogP contribution in [0.15, 0.2) is 29.2 Å². The van der Waals surface area contributed by atoms with Gasteiger partial charge in [0.05, 0.1) is 24.1 Å². The molecule has 122 valence electrons. The number of sulfonamides is 1. The van der Waals surface area contributed by atoms with E-state index in [1.54, 1.807) is 0 Å². The minimum atomic E-state index is -3.86. The first-order chi connectivity index (χ1) is 10.2. The summed E-state index contributed by atoms with van der Waals surface area (Å²) >= 11 is 0. The van der Waals surface area contributed by atoms with Gasteiger partial charge >= 0.3 is 5.97 Å². The number of ether oxygens (including phenoxy) is 1. The molecule has 7 nitrogen and oxygen atoms in total. The molecule has 0 aliphatic rings. The lowest BCUT2D eigenvalue weighted by Crippen LogP contribution is -2.40. The summed E-state index contributed by atoms with van der Waals surface area (Å²) in [6.07, 6.45) is 0. The first-order valence-electron chi connectivity index (χ1n) is 6.65. The molecule has 1 aromatic rings. The maximum atomic E-state index is 12.6. The van der Waals surface area contributed by atoms with Crippen LogP contribution in [0.3, 0.4) is 0 Å². The van der Waals surface area contributed by atoms with Crippen molar-refractivity contribution in [2.24, 2.45) is 11.7 Å². The summed E-state index contributed by atoms with van der Waals surface area (Å²) in [7, 11) is -2.62. The number of esters is 1. The standard InChI is InChI=1S/C14H20N2O5S/c1-10(2)8-16(9-13(15)17)22(19,20)12-6-4-11(5-7-12)14(18)21-3/h4-7,10H,8-9H2,1-3H3,(H2,15,17). The highest BCUT2D eigenvalue weighted by Crippen LogP contribution is 2.18. The molecule has 0 unspecified atom stereocenters. The van der Waals surface area contributed by atoms with E-state index in [0.717, 1.165) is 4.31 Å². The molecule has 1 aromatic carbocycles. The van der Waals surface area contributed by atoms with Crippen LogP contribution >= 0.6 is 0 Å². The summed E-state index contributed by atoms with van der Waals surface area (Å²) < 4.78 is 30.7. The van der Waals surface area contributed by atoms with E-state index in [4.69, 9.17) is 5.73 Å². The van der Waals surface area contributed by atoms with E-state index in [9.17, 15) is 18.0 Å². The second-order valence-corrected chi connectivity index (χ2v) is 7.11. The van der Waals surface area contributed by atoms with E-state index < -0.39 is 21.9 Å². The smallest absolute Gasteiger partial charge is 0.337 e.